The smallest absolute Gasteiger partial charge is 0.146 e. The van der Waals surface area contributed by atoms with E-state index in [-0.39, 0.29) is 0 Å². The molecule has 0 saturated heterocycles. The van der Waals surface area contributed by atoms with Crippen molar-refractivity contribution in [2.75, 3.05) is 12.4 Å². The standard InChI is InChI=1S/C10H14N2O/c1-7-10(11-2)9(5-6-12-7)13-8-3-4-8/h5-6,8,11H,3-4H2,1-2H3. The van der Waals surface area contributed by atoms with Crippen LogP contribution in [0, 0.1) is 6.92 Å². The van der Waals surface area contributed by atoms with Gasteiger partial charge >= 0.3 is 0 Å². The van der Waals surface area contributed by atoms with Crippen molar-refractivity contribution in [3.05, 3.63) is 18.0 Å². The Bertz CT molecular complexity index is 308. The summed E-state index contributed by atoms with van der Waals surface area (Å²) >= 11 is 0. The second-order valence-electron chi connectivity index (χ2n) is 3.34. The summed E-state index contributed by atoms with van der Waals surface area (Å²) in [5, 5.41) is 3.11. The quantitative estimate of drug-likeness (QED) is 0.768. The minimum Gasteiger partial charge on any atom is -0.488 e. The van der Waals surface area contributed by atoms with Crippen LogP contribution < -0.4 is 10.1 Å². The van der Waals surface area contributed by atoms with E-state index in [9.17, 15) is 0 Å². The molecule has 1 N–H and O–H groups in total. The summed E-state index contributed by atoms with van der Waals surface area (Å²) in [6.07, 6.45) is 4.59. The highest BCUT2D eigenvalue weighted by Gasteiger charge is 2.24. The van der Waals surface area contributed by atoms with Crippen LogP contribution in [0.3, 0.4) is 0 Å². The molecule has 0 spiro atoms. The average molecular weight is 178 g/mol. The number of aryl methyl sites for hydroxylation is 1. The first kappa shape index (κ1) is 8.35. The van der Waals surface area contributed by atoms with Gasteiger partial charge in [0.05, 0.1) is 17.5 Å². The molecule has 13 heavy (non-hydrogen) atoms. The summed E-state index contributed by atoms with van der Waals surface area (Å²) < 4.78 is 5.73. The van der Waals surface area contributed by atoms with E-state index >= 15 is 0 Å². The zero-order valence-electron chi connectivity index (χ0n) is 8.00. The van der Waals surface area contributed by atoms with Gasteiger partial charge in [-0.1, -0.05) is 0 Å². The highest BCUT2D eigenvalue weighted by atomic mass is 16.5. The number of ether oxygens (including phenoxy) is 1. The Morgan fingerprint density at radius 3 is 2.92 bits per heavy atom. The number of pyridine rings is 1. The van der Waals surface area contributed by atoms with Crippen LogP contribution in [0.4, 0.5) is 5.69 Å². The third-order valence-corrected chi connectivity index (χ3v) is 2.17. The number of nitrogens with one attached hydrogen (secondary N) is 1. The van der Waals surface area contributed by atoms with Gasteiger partial charge in [-0.15, -0.1) is 0 Å². The monoisotopic (exact) mass is 178 g/mol. The molecule has 0 amide bonds. The van der Waals surface area contributed by atoms with E-state index in [1.165, 1.54) is 12.8 Å². The van der Waals surface area contributed by atoms with Crippen LogP contribution in [0.15, 0.2) is 12.3 Å². The Labute approximate surface area is 78.1 Å². The first-order valence-electron chi connectivity index (χ1n) is 4.61. The molecule has 0 bridgehead atoms. The van der Waals surface area contributed by atoms with Crippen molar-refractivity contribution in [1.29, 1.82) is 0 Å². The zero-order chi connectivity index (χ0) is 9.26. The third-order valence-electron chi connectivity index (χ3n) is 2.17. The lowest BCUT2D eigenvalue weighted by Crippen LogP contribution is -2.02. The van der Waals surface area contributed by atoms with Crippen LogP contribution in [0.1, 0.15) is 18.5 Å². The van der Waals surface area contributed by atoms with E-state index in [4.69, 9.17) is 4.74 Å². The largest absolute Gasteiger partial charge is 0.488 e. The number of hydrogen-bond donors (Lipinski definition) is 1. The Balaban J connectivity index is 2.25. The molecule has 3 heteroatoms. The molecule has 3 nitrogen and oxygen atoms in total. The van der Waals surface area contributed by atoms with E-state index in [1.807, 2.05) is 20.0 Å². The van der Waals surface area contributed by atoms with Gasteiger partial charge in [0.1, 0.15) is 5.75 Å². The molecule has 2 rings (SSSR count). The van der Waals surface area contributed by atoms with Crippen molar-refractivity contribution in [2.24, 2.45) is 0 Å². The van der Waals surface area contributed by atoms with E-state index in [0.29, 0.717) is 6.10 Å². The summed E-state index contributed by atoms with van der Waals surface area (Å²) in [6.45, 7) is 1.98. The SMILES string of the molecule is CNc1c(OC2CC2)ccnc1C. The predicted molar refractivity (Wildman–Crippen MR) is 52.2 cm³/mol. The topological polar surface area (TPSA) is 34.1 Å². The van der Waals surface area contributed by atoms with Crippen molar-refractivity contribution < 1.29 is 4.74 Å². The highest BCUT2D eigenvalue weighted by molar-refractivity contribution is 5.58. The van der Waals surface area contributed by atoms with Gasteiger partial charge in [0.2, 0.25) is 0 Å². The number of nitrogens with zero attached hydrogens (tertiary/aromatic N) is 1. The maximum absolute atomic E-state index is 5.73. The van der Waals surface area contributed by atoms with Crippen LogP contribution in [-0.4, -0.2) is 18.1 Å². The molecular weight excluding hydrogens is 164 g/mol. The van der Waals surface area contributed by atoms with Crippen molar-refractivity contribution in [2.45, 2.75) is 25.9 Å². The van der Waals surface area contributed by atoms with Gasteiger partial charge in [0, 0.05) is 19.3 Å². The molecule has 0 aliphatic heterocycles. The molecule has 0 atom stereocenters. The fourth-order valence-corrected chi connectivity index (χ4v) is 1.31. The van der Waals surface area contributed by atoms with E-state index < -0.39 is 0 Å². The molecule has 70 valence electrons. The molecule has 1 fully saturated rings. The average Bonchev–Trinajstić information content (AvgIpc) is 2.89. The number of hydrogen-bond acceptors (Lipinski definition) is 3. The highest BCUT2D eigenvalue weighted by Crippen LogP contribution is 2.32. The minimum absolute atomic E-state index is 0.439. The molecule has 1 saturated carbocycles. The van der Waals surface area contributed by atoms with Crippen molar-refractivity contribution in [3.63, 3.8) is 0 Å². The van der Waals surface area contributed by atoms with E-state index in [1.54, 1.807) is 6.20 Å². The summed E-state index contributed by atoms with van der Waals surface area (Å²) in [5.41, 5.74) is 2.00. The molecule has 1 heterocycles. The lowest BCUT2D eigenvalue weighted by Gasteiger charge is -2.11. The minimum atomic E-state index is 0.439. The van der Waals surface area contributed by atoms with Gasteiger partial charge in [0.25, 0.3) is 0 Å². The van der Waals surface area contributed by atoms with Crippen LogP contribution in [0.2, 0.25) is 0 Å². The van der Waals surface area contributed by atoms with Gasteiger partial charge in [-0.25, -0.2) is 0 Å². The summed E-state index contributed by atoms with van der Waals surface area (Å²) in [5.74, 6) is 0.928. The van der Waals surface area contributed by atoms with Crippen LogP contribution >= 0.6 is 0 Å². The lowest BCUT2D eigenvalue weighted by atomic mass is 10.3. The van der Waals surface area contributed by atoms with Crippen molar-refractivity contribution >= 4 is 5.69 Å². The third kappa shape index (κ3) is 1.74. The zero-order valence-corrected chi connectivity index (χ0v) is 8.00. The first-order chi connectivity index (χ1) is 6.31. The second kappa shape index (κ2) is 3.24. The summed E-state index contributed by atoms with van der Waals surface area (Å²) in [7, 11) is 1.89. The molecule has 1 aromatic heterocycles. The van der Waals surface area contributed by atoms with Crippen LogP contribution in [0.25, 0.3) is 0 Å². The first-order valence-corrected chi connectivity index (χ1v) is 4.61. The maximum Gasteiger partial charge on any atom is 0.146 e. The Morgan fingerprint density at radius 2 is 2.31 bits per heavy atom. The Morgan fingerprint density at radius 1 is 1.54 bits per heavy atom. The van der Waals surface area contributed by atoms with E-state index in [2.05, 4.69) is 10.3 Å². The van der Waals surface area contributed by atoms with E-state index in [0.717, 1.165) is 17.1 Å². The van der Waals surface area contributed by atoms with Gasteiger partial charge in [-0.2, -0.15) is 0 Å². The van der Waals surface area contributed by atoms with Gasteiger partial charge in [-0.05, 0) is 19.8 Å². The fourth-order valence-electron chi connectivity index (χ4n) is 1.31. The predicted octanol–water partition coefficient (Wildman–Crippen LogP) is 1.97. The van der Waals surface area contributed by atoms with Crippen molar-refractivity contribution in [1.82, 2.24) is 4.98 Å². The van der Waals surface area contributed by atoms with Gasteiger partial charge < -0.3 is 10.1 Å². The van der Waals surface area contributed by atoms with Crippen molar-refractivity contribution in [3.8, 4) is 5.75 Å². The van der Waals surface area contributed by atoms with Gasteiger partial charge in [0.15, 0.2) is 0 Å². The molecule has 1 aliphatic rings. The molecule has 0 unspecified atom stereocenters. The number of rotatable bonds is 3. The molecule has 0 aromatic carbocycles. The van der Waals surface area contributed by atoms with Crippen LogP contribution in [0.5, 0.6) is 5.75 Å². The number of aromatic nitrogens is 1. The molecule has 0 radical (unpaired) electrons. The molecular formula is C10H14N2O. The van der Waals surface area contributed by atoms with Gasteiger partial charge in [-0.3, -0.25) is 4.98 Å². The summed E-state index contributed by atoms with van der Waals surface area (Å²) in [4.78, 5) is 4.20. The Hall–Kier alpha value is -1.25. The summed E-state index contributed by atoms with van der Waals surface area (Å²) in [6, 6.07) is 1.91. The Kier molecular flexibility index (Phi) is 2.08. The number of anilines is 1. The second-order valence-corrected chi connectivity index (χ2v) is 3.34. The lowest BCUT2D eigenvalue weighted by molar-refractivity contribution is 0.304. The molecule has 1 aliphatic carbocycles. The maximum atomic E-state index is 5.73. The molecule has 1 aromatic rings. The fraction of sp³-hybridized carbons (Fsp3) is 0.500. The van der Waals surface area contributed by atoms with Crippen LogP contribution in [-0.2, 0) is 0 Å². The normalized spacial score (nSPS) is 15.5.